The molecule has 94 valence electrons. The van der Waals surface area contributed by atoms with Gasteiger partial charge in [0.25, 0.3) is 0 Å². The molecule has 1 aliphatic carbocycles. The summed E-state index contributed by atoms with van der Waals surface area (Å²) in [5, 5.41) is 0.437. The van der Waals surface area contributed by atoms with Crippen LogP contribution in [0.1, 0.15) is 24.0 Å². The van der Waals surface area contributed by atoms with E-state index in [1.54, 1.807) is 12.1 Å². The molecule has 0 saturated heterocycles. The van der Waals surface area contributed by atoms with Crippen molar-refractivity contribution in [3.05, 3.63) is 28.3 Å². The van der Waals surface area contributed by atoms with Crippen molar-refractivity contribution in [2.75, 3.05) is 0 Å². The highest BCUT2D eigenvalue weighted by Gasteiger charge is 2.26. The average molecular weight is 295 g/mol. The van der Waals surface area contributed by atoms with Crippen molar-refractivity contribution in [2.24, 2.45) is 0 Å². The summed E-state index contributed by atoms with van der Waals surface area (Å²) in [7, 11) is 1.66. The van der Waals surface area contributed by atoms with Crippen LogP contribution in [0.3, 0.4) is 0 Å². The molecule has 3 nitrogen and oxygen atoms in total. The molecule has 1 aromatic carbocycles. The van der Waals surface area contributed by atoms with Crippen LogP contribution >= 0.6 is 22.3 Å². The van der Waals surface area contributed by atoms with E-state index in [4.69, 9.17) is 27.0 Å². The lowest BCUT2D eigenvalue weighted by atomic mass is 10.1. The summed E-state index contributed by atoms with van der Waals surface area (Å²) in [5.74, 6) is 0.182. The van der Waals surface area contributed by atoms with Gasteiger partial charge >= 0.3 is 0 Å². The Morgan fingerprint density at radius 3 is 2.59 bits per heavy atom. The number of hydrogen-bond acceptors (Lipinski definition) is 3. The van der Waals surface area contributed by atoms with Gasteiger partial charge in [0.05, 0.1) is 16.9 Å². The fraction of sp³-hybridized carbons (Fsp3) is 0.455. The van der Waals surface area contributed by atoms with E-state index in [0.717, 1.165) is 18.4 Å². The summed E-state index contributed by atoms with van der Waals surface area (Å²) in [5.41, 5.74) is 1.41. The van der Waals surface area contributed by atoms with Crippen molar-refractivity contribution >= 4 is 31.3 Å². The van der Waals surface area contributed by atoms with E-state index < -0.39 is 9.05 Å². The van der Waals surface area contributed by atoms with Gasteiger partial charge in [-0.3, -0.25) is 0 Å². The van der Waals surface area contributed by atoms with Crippen LogP contribution in [0.2, 0.25) is 5.02 Å². The first-order chi connectivity index (χ1) is 7.85. The lowest BCUT2D eigenvalue weighted by Crippen LogP contribution is -2.04. The summed E-state index contributed by atoms with van der Waals surface area (Å²) >= 11 is 6.07. The van der Waals surface area contributed by atoms with E-state index in [2.05, 4.69) is 0 Å². The molecule has 6 heteroatoms. The van der Waals surface area contributed by atoms with E-state index >= 15 is 0 Å². The Labute approximate surface area is 110 Å². The van der Waals surface area contributed by atoms with E-state index in [1.807, 2.05) is 6.92 Å². The maximum Gasteiger partial charge on any atom is 0.236 e. The molecular formula is C11H12Cl2O3S. The highest BCUT2D eigenvalue weighted by Crippen LogP contribution is 2.36. The first-order valence-electron chi connectivity index (χ1n) is 5.23. The molecule has 0 aliphatic heterocycles. The molecule has 2 rings (SSSR count). The van der Waals surface area contributed by atoms with E-state index in [1.165, 1.54) is 0 Å². The molecule has 1 aromatic rings. The summed E-state index contributed by atoms with van der Waals surface area (Å²) in [6, 6.07) is 3.49. The Hall–Kier alpha value is -0.450. The summed E-state index contributed by atoms with van der Waals surface area (Å²) < 4.78 is 27.9. The third kappa shape index (κ3) is 3.76. The molecule has 1 fully saturated rings. The lowest BCUT2D eigenvalue weighted by molar-refractivity contribution is 0.301. The molecule has 0 unspecified atom stereocenters. The molecule has 0 amide bonds. The largest absolute Gasteiger partial charge is 0.489 e. The van der Waals surface area contributed by atoms with Crippen LogP contribution in [-0.4, -0.2) is 14.5 Å². The maximum absolute atomic E-state index is 11.1. The first kappa shape index (κ1) is 13.0. The topological polar surface area (TPSA) is 43.4 Å². The molecule has 0 bridgehead atoms. The Kier molecular flexibility index (Phi) is 3.57. The quantitative estimate of drug-likeness (QED) is 0.801. The molecule has 0 atom stereocenters. The van der Waals surface area contributed by atoms with Gasteiger partial charge in [0.1, 0.15) is 5.75 Å². The van der Waals surface area contributed by atoms with Gasteiger partial charge in [0, 0.05) is 16.2 Å². The van der Waals surface area contributed by atoms with Crippen LogP contribution in [0.5, 0.6) is 5.75 Å². The number of halogens is 2. The van der Waals surface area contributed by atoms with Crippen LogP contribution in [0.4, 0.5) is 0 Å². The number of hydrogen-bond donors (Lipinski definition) is 0. The summed E-state index contributed by atoms with van der Waals surface area (Å²) in [6.07, 6.45) is 2.13. The van der Waals surface area contributed by atoms with Crippen molar-refractivity contribution < 1.29 is 13.2 Å². The minimum atomic E-state index is -3.61. The zero-order valence-corrected chi connectivity index (χ0v) is 11.6. The maximum atomic E-state index is 11.1. The van der Waals surface area contributed by atoms with E-state index in [9.17, 15) is 8.42 Å². The average Bonchev–Trinajstić information content (AvgIpc) is 2.91. The molecule has 0 radical (unpaired) electrons. The van der Waals surface area contributed by atoms with Crippen LogP contribution in [0.15, 0.2) is 12.1 Å². The van der Waals surface area contributed by atoms with Gasteiger partial charge in [-0.25, -0.2) is 8.42 Å². The lowest BCUT2D eigenvalue weighted by Gasteiger charge is -2.12. The SMILES string of the molecule is Cc1cc(Cl)c(OC2CC2)c(CS(=O)(=O)Cl)c1. The van der Waals surface area contributed by atoms with Gasteiger partial charge in [0.2, 0.25) is 9.05 Å². The standard InChI is InChI=1S/C11H12Cl2O3S/c1-7-4-8(6-17(13,14)15)11(10(12)5-7)16-9-2-3-9/h4-5,9H,2-3,6H2,1H3. The van der Waals surface area contributed by atoms with Crippen molar-refractivity contribution in [3.63, 3.8) is 0 Å². The van der Waals surface area contributed by atoms with Crippen LogP contribution in [0, 0.1) is 6.92 Å². The van der Waals surface area contributed by atoms with E-state index in [-0.39, 0.29) is 11.9 Å². The van der Waals surface area contributed by atoms with Gasteiger partial charge in [-0.05, 0) is 31.4 Å². The number of ether oxygens (including phenoxy) is 1. The van der Waals surface area contributed by atoms with Gasteiger partial charge in [-0.15, -0.1) is 0 Å². The number of rotatable bonds is 4. The highest BCUT2D eigenvalue weighted by molar-refractivity contribution is 8.13. The second-order valence-corrected chi connectivity index (χ2v) is 7.42. The minimum absolute atomic E-state index is 0.159. The van der Waals surface area contributed by atoms with Crippen LogP contribution in [-0.2, 0) is 14.8 Å². The monoisotopic (exact) mass is 294 g/mol. The summed E-state index contributed by atoms with van der Waals surface area (Å²) in [4.78, 5) is 0. The predicted octanol–water partition coefficient (Wildman–Crippen LogP) is 3.26. The van der Waals surface area contributed by atoms with Crippen molar-refractivity contribution in [3.8, 4) is 5.75 Å². The molecule has 0 spiro atoms. The molecular weight excluding hydrogens is 283 g/mol. The van der Waals surface area contributed by atoms with Gasteiger partial charge in [0.15, 0.2) is 0 Å². The molecule has 1 saturated carbocycles. The predicted molar refractivity (Wildman–Crippen MR) is 68.3 cm³/mol. The van der Waals surface area contributed by atoms with Crippen molar-refractivity contribution in [1.82, 2.24) is 0 Å². The fourth-order valence-electron chi connectivity index (χ4n) is 1.58. The van der Waals surface area contributed by atoms with Crippen LogP contribution < -0.4 is 4.74 Å². The normalized spacial score (nSPS) is 15.9. The molecule has 0 heterocycles. The van der Waals surface area contributed by atoms with E-state index in [0.29, 0.717) is 16.3 Å². The van der Waals surface area contributed by atoms with Crippen molar-refractivity contribution in [1.29, 1.82) is 0 Å². The Balaban J connectivity index is 2.38. The second kappa shape index (κ2) is 4.67. The number of benzene rings is 1. The molecule has 0 N–H and O–H groups in total. The third-order valence-electron chi connectivity index (χ3n) is 2.40. The molecule has 0 aromatic heterocycles. The fourth-order valence-corrected chi connectivity index (χ4v) is 2.85. The molecule has 17 heavy (non-hydrogen) atoms. The van der Waals surface area contributed by atoms with Gasteiger partial charge < -0.3 is 4.74 Å². The third-order valence-corrected chi connectivity index (χ3v) is 3.67. The van der Waals surface area contributed by atoms with Crippen molar-refractivity contribution in [2.45, 2.75) is 31.6 Å². The summed E-state index contributed by atoms with van der Waals surface area (Å²) in [6.45, 7) is 1.84. The Morgan fingerprint density at radius 2 is 2.06 bits per heavy atom. The Morgan fingerprint density at radius 1 is 1.41 bits per heavy atom. The van der Waals surface area contributed by atoms with Crippen LogP contribution in [0.25, 0.3) is 0 Å². The number of aryl methyl sites for hydroxylation is 1. The zero-order chi connectivity index (χ0) is 12.6. The van der Waals surface area contributed by atoms with Gasteiger partial charge in [-0.1, -0.05) is 17.7 Å². The second-order valence-electron chi connectivity index (χ2n) is 4.24. The minimum Gasteiger partial charge on any atom is -0.489 e. The van der Waals surface area contributed by atoms with Gasteiger partial charge in [-0.2, -0.15) is 0 Å². The highest BCUT2D eigenvalue weighted by atomic mass is 35.7. The first-order valence-corrected chi connectivity index (χ1v) is 8.09. The molecule has 1 aliphatic rings. The zero-order valence-electron chi connectivity index (χ0n) is 9.24. The Bertz CT molecular complexity index is 536. The smallest absolute Gasteiger partial charge is 0.236 e.